The molecule has 7 rings (SSSR count). The maximum Gasteiger partial charge on any atom is 0.427 e. The van der Waals surface area contributed by atoms with Crippen molar-refractivity contribution in [2.24, 2.45) is 29.1 Å². The standard InChI is InChI=1S/C45H57F4N3O10S/c1-6-27-18-26(2)10-7-8-11-28-22-44(28,41(56)51-63(57,58)43(25-46)15-16-43)23-36(53)35-20-30(24-52(35)40(55)33(27)21-37(54)62-42(3,4)45(47,48)49)61-39-32-14-13-29(59-5)19-34(32)31-12-9-17-60-38(31)50-39/h8,11,13-14,19,26-28,30,33,35H,6-7,9-10,12,15-18,20-25H2,1-5H3,(H,51,56)/b11-8-/t26-,27+,28+,30+,33-,35-,44+/m0/s1. The molecular weight excluding hydrogens is 851 g/mol. The zero-order valence-corrected chi connectivity index (χ0v) is 37.2. The highest BCUT2D eigenvalue weighted by atomic mass is 32.2. The molecule has 2 aromatic rings. The molecule has 18 heteroatoms. The number of halogens is 4. The first-order chi connectivity index (χ1) is 29.7. The summed E-state index contributed by atoms with van der Waals surface area (Å²) in [5, 5.41) is 1.41. The molecule has 7 atom stereocenters. The number of aromatic nitrogens is 1. The van der Waals surface area contributed by atoms with Crippen LogP contribution in [0.5, 0.6) is 17.5 Å². The van der Waals surface area contributed by atoms with Crippen LogP contribution >= 0.6 is 0 Å². The number of ketones is 1. The predicted octanol–water partition coefficient (Wildman–Crippen LogP) is 7.12. The van der Waals surface area contributed by atoms with E-state index in [9.17, 15) is 40.4 Å². The maximum atomic E-state index is 15.1. The molecule has 5 aliphatic rings. The number of amides is 2. The van der Waals surface area contributed by atoms with E-state index >= 15 is 4.79 Å². The van der Waals surface area contributed by atoms with Gasteiger partial charge in [-0.3, -0.25) is 23.9 Å². The van der Waals surface area contributed by atoms with Gasteiger partial charge in [-0.05, 0) is 107 Å². The number of rotatable bonds is 11. The number of aryl methyl sites for hydroxylation is 1. The number of hydrogen-bond acceptors (Lipinski definition) is 11. The third kappa shape index (κ3) is 9.24. The van der Waals surface area contributed by atoms with Crippen LogP contribution in [0.25, 0.3) is 10.8 Å². The molecule has 1 aromatic carbocycles. The lowest BCUT2D eigenvalue weighted by Crippen LogP contribution is -2.49. The molecule has 0 bridgehead atoms. The molecule has 1 N–H and O–H groups in total. The second kappa shape index (κ2) is 17.5. The van der Waals surface area contributed by atoms with Crippen molar-refractivity contribution in [2.45, 2.75) is 133 Å². The van der Waals surface area contributed by atoms with E-state index in [1.54, 1.807) is 25.3 Å². The largest absolute Gasteiger partial charge is 0.497 e. The highest BCUT2D eigenvalue weighted by molar-refractivity contribution is 7.91. The van der Waals surface area contributed by atoms with Gasteiger partial charge in [0.05, 0.1) is 44.1 Å². The minimum Gasteiger partial charge on any atom is -0.497 e. The van der Waals surface area contributed by atoms with Crippen molar-refractivity contribution in [2.75, 3.05) is 26.9 Å². The van der Waals surface area contributed by atoms with E-state index in [0.717, 1.165) is 31.2 Å². The summed E-state index contributed by atoms with van der Waals surface area (Å²) in [6.45, 7) is 4.35. The van der Waals surface area contributed by atoms with Crippen LogP contribution in [0.3, 0.4) is 0 Å². The molecule has 346 valence electrons. The number of carbonyl (C=O) groups excluding carboxylic acids is 4. The molecule has 2 saturated carbocycles. The number of hydrogen-bond donors (Lipinski definition) is 1. The van der Waals surface area contributed by atoms with Crippen LogP contribution in [0.2, 0.25) is 0 Å². The molecule has 0 radical (unpaired) electrons. The van der Waals surface area contributed by atoms with Crippen LogP contribution in [-0.4, -0.2) is 97.5 Å². The third-order valence-electron chi connectivity index (χ3n) is 13.9. The maximum absolute atomic E-state index is 15.1. The average molecular weight is 908 g/mol. The molecule has 63 heavy (non-hydrogen) atoms. The van der Waals surface area contributed by atoms with E-state index in [2.05, 4.69) is 4.72 Å². The number of pyridine rings is 1. The van der Waals surface area contributed by atoms with E-state index in [0.29, 0.717) is 55.7 Å². The Bertz CT molecular complexity index is 2260. The highest BCUT2D eigenvalue weighted by Crippen LogP contribution is 2.58. The first kappa shape index (κ1) is 46.5. The Balaban J connectivity index is 1.26. The molecule has 3 aliphatic heterocycles. The first-order valence-corrected chi connectivity index (χ1v) is 23.4. The lowest BCUT2D eigenvalue weighted by molar-refractivity contribution is -0.257. The summed E-state index contributed by atoms with van der Waals surface area (Å²) in [6, 6.07) is 4.14. The van der Waals surface area contributed by atoms with Crippen molar-refractivity contribution in [1.82, 2.24) is 14.6 Å². The number of Topliss-reactive ketones (excluding diaryl/α,β-unsaturated/α-hetero) is 1. The Hall–Kier alpha value is -4.48. The number of esters is 1. The number of nitrogens with one attached hydrogen (secondary N) is 1. The van der Waals surface area contributed by atoms with Gasteiger partial charge in [-0.2, -0.15) is 18.2 Å². The van der Waals surface area contributed by atoms with Crippen LogP contribution < -0.4 is 18.9 Å². The molecule has 2 amide bonds. The number of nitrogens with zero attached hydrogens (tertiary/aromatic N) is 2. The predicted molar refractivity (Wildman–Crippen MR) is 222 cm³/mol. The fraction of sp³-hybridized carbons (Fsp3) is 0.667. The summed E-state index contributed by atoms with van der Waals surface area (Å²) >= 11 is 0. The van der Waals surface area contributed by atoms with Crippen LogP contribution in [0.15, 0.2) is 30.4 Å². The normalized spacial score (nSPS) is 29.2. The Morgan fingerprint density at radius 1 is 1.11 bits per heavy atom. The quantitative estimate of drug-likeness (QED) is 0.139. The van der Waals surface area contributed by atoms with E-state index in [4.69, 9.17) is 23.9 Å². The molecular formula is C45H57F4N3O10S. The average Bonchev–Trinajstić information content (AvgIpc) is 4.14. The monoisotopic (exact) mass is 907 g/mol. The van der Waals surface area contributed by atoms with Gasteiger partial charge < -0.3 is 23.8 Å². The summed E-state index contributed by atoms with van der Waals surface area (Å²) in [5.74, 6) is -4.49. The molecule has 1 saturated heterocycles. The van der Waals surface area contributed by atoms with Crippen molar-refractivity contribution in [1.29, 1.82) is 0 Å². The van der Waals surface area contributed by atoms with Gasteiger partial charge in [0.1, 0.15) is 23.3 Å². The van der Waals surface area contributed by atoms with Crippen LogP contribution in [0, 0.1) is 29.1 Å². The molecule has 0 unspecified atom stereocenters. The number of carbonyl (C=O) groups is 4. The Kier molecular flexibility index (Phi) is 12.9. The molecule has 1 aromatic heterocycles. The molecule has 2 aliphatic carbocycles. The van der Waals surface area contributed by atoms with Gasteiger partial charge in [-0.25, -0.2) is 12.8 Å². The molecule has 4 heterocycles. The lowest BCUT2D eigenvalue weighted by Gasteiger charge is -2.34. The summed E-state index contributed by atoms with van der Waals surface area (Å²) in [6.07, 6.45) is 0.330. The molecule has 13 nitrogen and oxygen atoms in total. The van der Waals surface area contributed by atoms with Crippen LogP contribution in [-0.2, 0) is 40.4 Å². The minimum atomic E-state index is -4.89. The summed E-state index contributed by atoms with van der Waals surface area (Å²) in [4.78, 5) is 63.5. The summed E-state index contributed by atoms with van der Waals surface area (Å²) in [5.41, 5.74) is -3.49. The number of methoxy groups -OCH3 is 1. The van der Waals surface area contributed by atoms with E-state index < -0.39 is 105 Å². The third-order valence-corrected chi connectivity index (χ3v) is 16.0. The van der Waals surface area contributed by atoms with Crippen molar-refractivity contribution in [3.8, 4) is 17.5 Å². The van der Waals surface area contributed by atoms with Crippen LogP contribution in [0.4, 0.5) is 17.6 Å². The van der Waals surface area contributed by atoms with Gasteiger partial charge in [0, 0.05) is 23.8 Å². The van der Waals surface area contributed by atoms with E-state index in [1.165, 1.54) is 4.90 Å². The fourth-order valence-corrected chi connectivity index (χ4v) is 11.0. The number of ether oxygens (including phenoxy) is 4. The van der Waals surface area contributed by atoms with E-state index in [1.807, 2.05) is 26.0 Å². The second-order valence-electron chi connectivity index (χ2n) is 18.7. The smallest absolute Gasteiger partial charge is 0.427 e. The highest BCUT2D eigenvalue weighted by Gasteiger charge is 2.64. The zero-order chi connectivity index (χ0) is 45.7. The number of allylic oxidation sites excluding steroid dienone is 2. The molecule has 3 fully saturated rings. The fourth-order valence-electron chi connectivity index (χ4n) is 9.51. The van der Waals surface area contributed by atoms with Crippen molar-refractivity contribution in [3.63, 3.8) is 0 Å². The van der Waals surface area contributed by atoms with Gasteiger partial charge >= 0.3 is 12.1 Å². The second-order valence-corrected chi connectivity index (χ2v) is 20.8. The van der Waals surface area contributed by atoms with E-state index in [-0.39, 0.29) is 44.0 Å². The topological polar surface area (TPSA) is 168 Å². The summed E-state index contributed by atoms with van der Waals surface area (Å²) < 4.78 is 106. The minimum absolute atomic E-state index is 0.0215. The number of benzene rings is 1. The van der Waals surface area contributed by atoms with Gasteiger partial charge in [-0.15, -0.1) is 0 Å². The summed E-state index contributed by atoms with van der Waals surface area (Å²) in [7, 11) is -2.89. The van der Waals surface area contributed by atoms with Crippen molar-refractivity contribution < 1.29 is 64.1 Å². The molecule has 0 spiro atoms. The zero-order valence-electron chi connectivity index (χ0n) is 36.4. The Morgan fingerprint density at radius 3 is 2.52 bits per heavy atom. The van der Waals surface area contributed by atoms with Gasteiger partial charge in [0.2, 0.25) is 39.2 Å². The number of fused-ring (bicyclic) bond motifs is 5. The van der Waals surface area contributed by atoms with Gasteiger partial charge in [0.25, 0.3) is 0 Å². The number of sulfonamides is 1. The first-order valence-electron chi connectivity index (χ1n) is 21.9. The van der Waals surface area contributed by atoms with Crippen molar-refractivity contribution >= 4 is 44.4 Å². The van der Waals surface area contributed by atoms with Crippen LogP contribution in [0.1, 0.15) is 104 Å². The number of alkyl halides is 4. The van der Waals surface area contributed by atoms with Gasteiger partial charge in [-0.1, -0.05) is 32.4 Å². The SMILES string of the molecule is CC[C@@H]1C[C@@H](C)CC/C=C\[C@@H]2C[C@@]2(C(=O)NS(=O)(=O)C2(CF)CC2)CC(=O)[C@@H]2C[C@@H](Oc3nc4c(c5cc(OC)ccc35)CCCO4)CN2C(=O)[C@H]1CC(=O)OC(C)(C)C(F)(F)F. The Labute approximate surface area is 365 Å². The van der Waals surface area contributed by atoms with Gasteiger partial charge in [0.15, 0.2) is 5.78 Å². The Morgan fingerprint density at radius 2 is 1.86 bits per heavy atom. The van der Waals surface area contributed by atoms with Crippen molar-refractivity contribution in [3.05, 3.63) is 35.9 Å². The lowest BCUT2D eigenvalue weighted by atomic mass is 9.79.